The molecule has 0 unspecified atom stereocenters. The fraction of sp³-hybridized carbons (Fsp3) is 0.400. The molecule has 2 rings (SSSR count). The van der Waals surface area contributed by atoms with Crippen LogP contribution >= 0.6 is 0 Å². The number of hydrogen-bond donors (Lipinski definition) is 2. The van der Waals surface area contributed by atoms with E-state index < -0.39 is 11.4 Å². The average Bonchev–Trinajstić information content (AvgIpc) is 2.96. The summed E-state index contributed by atoms with van der Waals surface area (Å²) in [5.74, 6) is -0.349. The Bertz CT molecular complexity index is 554. The highest BCUT2D eigenvalue weighted by molar-refractivity contribution is 5.89. The number of amides is 2. The Hall–Kier alpha value is -2.55. The van der Waals surface area contributed by atoms with Gasteiger partial charge in [0.1, 0.15) is 0 Å². The van der Waals surface area contributed by atoms with Crippen LogP contribution in [0.15, 0.2) is 24.3 Å². The number of nitrogens with zero attached hydrogens (tertiary/aromatic N) is 1. The van der Waals surface area contributed by atoms with E-state index in [2.05, 4.69) is 17.5 Å². The molecule has 0 bridgehead atoms. The molecule has 0 atom stereocenters. The van der Waals surface area contributed by atoms with Gasteiger partial charge < -0.3 is 16.2 Å². The minimum Gasteiger partial charge on any atom is -0.465 e. The molecular weight excluding hydrogens is 270 g/mol. The molecule has 1 aromatic rings. The molecule has 1 saturated carbocycles. The molecule has 0 heterocycles. The monoisotopic (exact) mass is 289 g/mol. The van der Waals surface area contributed by atoms with E-state index in [0.29, 0.717) is 5.56 Å². The molecular formula is C15H19N3O3. The number of primary amides is 2. The van der Waals surface area contributed by atoms with Crippen molar-refractivity contribution in [3.63, 3.8) is 0 Å². The summed E-state index contributed by atoms with van der Waals surface area (Å²) in [6.07, 6.45) is 3.92. The topological polar surface area (TPSA) is 119 Å². The zero-order chi connectivity index (χ0) is 15.9. The van der Waals surface area contributed by atoms with Crippen LogP contribution in [0.3, 0.4) is 0 Å². The maximum absolute atomic E-state index is 11.5. The second-order valence-electron chi connectivity index (χ2n) is 4.88. The highest BCUT2D eigenvalue weighted by Crippen LogP contribution is 2.40. The van der Waals surface area contributed by atoms with Crippen molar-refractivity contribution in [2.75, 3.05) is 7.11 Å². The zero-order valence-corrected chi connectivity index (χ0v) is 12.0. The lowest BCUT2D eigenvalue weighted by molar-refractivity contribution is 0.0600. The maximum atomic E-state index is 11.5. The second kappa shape index (κ2) is 7.29. The largest absolute Gasteiger partial charge is 0.465 e. The van der Waals surface area contributed by atoms with Gasteiger partial charge in [-0.25, -0.2) is 9.59 Å². The smallest absolute Gasteiger partial charge is 0.337 e. The number of carbonyl (C=O) groups excluding carboxylic acids is 2. The lowest BCUT2D eigenvalue weighted by Gasteiger charge is -2.21. The van der Waals surface area contributed by atoms with E-state index in [4.69, 9.17) is 9.53 Å². The summed E-state index contributed by atoms with van der Waals surface area (Å²) in [6.45, 7) is 0. The molecule has 1 aliphatic rings. The quantitative estimate of drug-likeness (QED) is 0.807. The standard InChI is InChI=1S/C14H15NO2.CH4N2O/c1-17-13(16)11-5-4-6-12(9-11)14(10-15)7-2-3-8-14;2-1(3)4/h4-6,9H,2-3,7-8H2,1H3;(H4,2,3,4). The molecule has 0 aliphatic heterocycles. The molecule has 1 aliphatic carbocycles. The van der Waals surface area contributed by atoms with Crippen molar-refractivity contribution in [2.24, 2.45) is 11.5 Å². The number of ether oxygens (including phenoxy) is 1. The summed E-state index contributed by atoms with van der Waals surface area (Å²) in [5.41, 5.74) is 9.57. The molecule has 1 fully saturated rings. The van der Waals surface area contributed by atoms with Crippen molar-refractivity contribution in [3.8, 4) is 6.07 Å². The summed E-state index contributed by atoms with van der Waals surface area (Å²) in [4.78, 5) is 20.5. The first-order valence-corrected chi connectivity index (χ1v) is 6.60. The summed E-state index contributed by atoms with van der Waals surface area (Å²) < 4.78 is 4.70. The van der Waals surface area contributed by atoms with E-state index in [1.807, 2.05) is 12.1 Å². The van der Waals surface area contributed by atoms with Gasteiger partial charge in [-0.3, -0.25) is 0 Å². The van der Waals surface area contributed by atoms with Gasteiger partial charge in [0.25, 0.3) is 0 Å². The Labute approximate surface area is 123 Å². The summed E-state index contributed by atoms with van der Waals surface area (Å²) in [6, 6.07) is 8.85. The van der Waals surface area contributed by atoms with Gasteiger partial charge in [0.15, 0.2) is 0 Å². The average molecular weight is 289 g/mol. The van der Waals surface area contributed by atoms with Crippen LogP contribution < -0.4 is 11.5 Å². The first kappa shape index (κ1) is 16.5. The first-order chi connectivity index (χ1) is 9.95. The number of benzene rings is 1. The van der Waals surface area contributed by atoms with Crippen LogP contribution in [0, 0.1) is 11.3 Å². The number of urea groups is 1. The molecule has 0 aromatic heterocycles. The molecule has 6 heteroatoms. The highest BCUT2D eigenvalue weighted by Gasteiger charge is 2.36. The van der Waals surface area contributed by atoms with Crippen LogP contribution in [0.25, 0.3) is 0 Å². The van der Waals surface area contributed by atoms with Gasteiger partial charge in [0.2, 0.25) is 0 Å². The number of rotatable bonds is 2. The van der Waals surface area contributed by atoms with E-state index >= 15 is 0 Å². The molecule has 112 valence electrons. The Morgan fingerprint density at radius 2 is 1.86 bits per heavy atom. The predicted octanol–water partition coefficient (Wildman–Crippen LogP) is 1.83. The maximum Gasteiger partial charge on any atom is 0.337 e. The highest BCUT2D eigenvalue weighted by atomic mass is 16.5. The number of hydrogen-bond acceptors (Lipinski definition) is 4. The van der Waals surface area contributed by atoms with E-state index in [-0.39, 0.29) is 5.97 Å². The van der Waals surface area contributed by atoms with Gasteiger partial charge >= 0.3 is 12.0 Å². The lowest BCUT2D eigenvalue weighted by Crippen LogP contribution is -2.19. The normalized spacial score (nSPS) is 15.2. The van der Waals surface area contributed by atoms with Gasteiger partial charge in [0, 0.05) is 0 Å². The Morgan fingerprint density at radius 3 is 2.33 bits per heavy atom. The van der Waals surface area contributed by atoms with Crippen LogP contribution in [0.2, 0.25) is 0 Å². The van der Waals surface area contributed by atoms with Crippen LogP contribution in [-0.2, 0) is 10.2 Å². The Balaban J connectivity index is 0.000000491. The van der Waals surface area contributed by atoms with E-state index in [0.717, 1.165) is 31.2 Å². The Morgan fingerprint density at radius 1 is 1.29 bits per heavy atom. The van der Waals surface area contributed by atoms with Crippen molar-refractivity contribution < 1.29 is 14.3 Å². The third kappa shape index (κ3) is 4.21. The minimum atomic E-state index is -0.833. The van der Waals surface area contributed by atoms with Crippen molar-refractivity contribution in [3.05, 3.63) is 35.4 Å². The third-order valence-corrected chi connectivity index (χ3v) is 3.51. The summed E-state index contributed by atoms with van der Waals surface area (Å²) in [5, 5.41) is 9.39. The number of nitriles is 1. The van der Waals surface area contributed by atoms with Gasteiger partial charge in [0.05, 0.1) is 24.2 Å². The van der Waals surface area contributed by atoms with Gasteiger partial charge in [-0.05, 0) is 30.5 Å². The molecule has 21 heavy (non-hydrogen) atoms. The Kier molecular flexibility index (Phi) is 5.73. The van der Waals surface area contributed by atoms with Crippen LogP contribution in [0.1, 0.15) is 41.6 Å². The number of carbonyl (C=O) groups is 2. The van der Waals surface area contributed by atoms with Crippen LogP contribution in [0.4, 0.5) is 4.79 Å². The van der Waals surface area contributed by atoms with E-state index in [1.165, 1.54) is 7.11 Å². The van der Waals surface area contributed by atoms with Crippen molar-refractivity contribution >= 4 is 12.0 Å². The number of nitrogens with two attached hydrogens (primary N) is 2. The van der Waals surface area contributed by atoms with Gasteiger partial charge in [-0.15, -0.1) is 0 Å². The zero-order valence-electron chi connectivity index (χ0n) is 12.0. The molecule has 4 N–H and O–H groups in total. The molecule has 0 radical (unpaired) electrons. The molecule has 6 nitrogen and oxygen atoms in total. The molecule has 2 amide bonds. The van der Waals surface area contributed by atoms with Crippen LogP contribution in [-0.4, -0.2) is 19.1 Å². The van der Waals surface area contributed by atoms with Crippen molar-refractivity contribution in [1.82, 2.24) is 0 Å². The fourth-order valence-electron chi connectivity index (χ4n) is 2.51. The van der Waals surface area contributed by atoms with Crippen molar-refractivity contribution in [1.29, 1.82) is 5.26 Å². The van der Waals surface area contributed by atoms with Crippen LogP contribution in [0.5, 0.6) is 0 Å². The summed E-state index contributed by atoms with van der Waals surface area (Å²) >= 11 is 0. The number of methoxy groups -OCH3 is 1. The van der Waals surface area contributed by atoms with E-state index in [1.54, 1.807) is 12.1 Å². The van der Waals surface area contributed by atoms with Crippen molar-refractivity contribution in [2.45, 2.75) is 31.1 Å². The second-order valence-corrected chi connectivity index (χ2v) is 4.88. The van der Waals surface area contributed by atoms with Gasteiger partial charge in [-0.1, -0.05) is 25.0 Å². The summed E-state index contributed by atoms with van der Waals surface area (Å²) in [7, 11) is 1.37. The predicted molar refractivity (Wildman–Crippen MR) is 77.3 cm³/mol. The molecule has 0 spiro atoms. The first-order valence-electron chi connectivity index (χ1n) is 6.60. The van der Waals surface area contributed by atoms with E-state index in [9.17, 15) is 10.1 Å². The third-order valence-electron chi connectivity index (χ3n) is 3.51. The molecule has 0 saturated heterocycles. The number of esters is 1. The molecule has 1 aromatic carbocycles. The minimum absolute atomic E-state index is 0.349. The fourth-order valence-corrected chi connectivity index (χ4v) is 2.51. The lowest BCUT2D eigenvalue weighted by atomic mass is 9.80. The SMILES string of the molecule is COC(=O)c1cccc(C2(C#N)CCCC2)c1.NC(N)=O. The van der Waals surface area contributed by atoms with Gasteiger partial charge in [-0.2, -0.15) is 5.26 Å².